The number of rotatable bonds is 6. The number of aromatic nitrogens is 1. The predicted molar refractivity (Wildman–Crippen MR) is 131 cm³/mol. The summed E-state index contributed by atoms with van der Waals surface area (Å²) in [5.74, 6) is -0.500. The number of hydrogen-bond donors (Lipinski definition) is 0. The molecule has 0 saturated carbocycles. The molecule has 0 aliphatic rings. The number of halogens is 3. The van der Waals surface area contributed by atoms with E-state index >= 15 is 4.39 Å². The normalized spacial score (nSPS) is 12.2. The molecule has 0 radical (unpaired) electrons. The van der Waals surface area contributed by atoms with Gasteiger partial charge < -0.3 is 0 Å². The first kappa shape index (κ1) is 22.0. The Morgan fingerprint density at radius 2 is 1.77 bits per heavy atom. The highest BCUT2D eigenvalue weighted by Gasteiger charge is 2.22. The van der Waals surface area contributed by atoms with Gasteiger partial charge in [0, 0.05) is 21.5 Å². The van der Waals surface area contributed by atoms with Gasteiger partial charge in [-0.05, 0) is 59.2 Å². The lowest BCUT2D eigenvalue weighted by Crippen LogP contribution is -2.07. The fourth-order valence-electron chi connectivity index (χ4n) is 4.19. The number of thiazole rings is 1. The SMILES string of the molecule is CCc1cc(Cl)cc(CC(C)c2c(-c3cscn3)ccc(Cl)c2F)c1-c1ccccc1. The first-order valence-electron chi connectivity index (χ1n) is 10.2. The van der Waals surface area contributed by atoms with E-state index < -0.39 is 0 Å². The fourth-order valence-corrected chi connectivity index (χ4v) is 5.17. The summed E-state index contributed by atoms with van der Waals surface area (Å²) < 4.78 is 15.3. The number of nitrogens with zero attached hydrogens (tertiary/aromatic N) is 1. The summed E-state index contributed by atoms with van der Waals surface area (Å²) in [5.41, 5.74) is 8.52. The summed E-state index contributed by atoms with van der Waals surface area (Å²) in [5, 5.41) is 2.76. The lowest BCUT2D eigenvalue weighted by Gasteiger charge is -2.21. The molecule has 1 nitrogen and oxygen atoms in total. The number of benzene rings is 3. The first-order chi connectivity index (χ1) is 15.0. The minimum absolute atomic E-state index is 0.124. The zero-order valence-corrected chi connectivity index (χ0v) is 19.7. The Morgan fingerprint density at radius 3 is 2.45 bits per heavy atom. The van der Waals surface area contributed by atoms with E-state index in [4.69, 9.17) is 23.2 Å². The van der Waals surface area contributed by atoms with Crippen LogP contribution in [-0.4, -0.2) is 4.98 Å². The third-order valence-electron chi connectivity index (χ3n) is 5.57. The fraction of sp³-hybridized carbons (Fsp3) is 0.192. The minimum Gasteiger partial charge on any atom is -0.245 e. The van der Waals surface area contributed by atoms with Crippen molar-refractivity contribution in [2.24, 2.45) is 0 Å². The minimum atomic E-state index is -0.376. The Kier molecular flexibility index (Phi) is 6.76. The van der Waals surface area contributed by atoms with Gasteiger partial charge in [0.1, 0.15) is 5.82 Å². The third kappa shape index (κ3) is 4.55. The molecule has 158 valence electrons. The van der Waals surface area contributed by atoms with Crippen molar-refractivity contribution < 1.29 is 4.39 Å². The van der Waals surface area contributed by atoms with Crippen LogP contribution in [0, 0.1) is 5.82 Å². The van der Waals surface area contributed by atoms with Crippen LogP contribution in [0.1, 0.15) is 36.5 Å². The van der Waals surface area contributed by atoms with E-state index in [1.54, 1.807) is 11.6 Å². The van der Waals surface area contributed by atoms with Gasteiger partial charge in [0.2, 0.25) is 0 Å². The van der Waals surface area contributed by atoms with Gasteiger partial charge in [-0.25, -0.2) is 9.37 Å². The highest BCUT2D eigenvalue weighted by molar-refractivity contribution is 7.07. The van der Waals surface area contributed by atoms with E-state index in [1.807, 2.05) is 48.7 Å². The van der Waals surface area contributed by atoms with Crippen LogP contribution < -0.4 is 0 Å². The van der Waals surface area contributed by atoms with E-state index in [-0.39, 0.29) is 16.8 Å². The van der Waals surface area contributed by atoms with Gasteiger partial charge >= 0.3 is 0 Å². The van der Waals surface area contributed by atoms with Crippen LogP contribution in [0.15, 0.2) is 65.5 Å². The Labute approximate surface area is 196 Å². The highest BCUT2D eigenvalue weighted by atomic mass is 35.5. The molecule has 1 aromatic heterocycles. The molecule has 0 bridgehead atoms. The molecule has 4 rings (SSSR count). The summed E-state index contributed by atoms with van der Waals surface area (Å²) in [6.45, 7) is 4.16. The standard InChI is InChI=1S/C26H22Cl2FNS/c1-3-17-12-20(27)13-19(25(17)18-7-5-4-6-8-18)11-16(2)24-21(23-14-31-15-30-23)9-10-22(28)26(24)29/h4-10,12-16H,3,11H2,1-2H3. The van der Waals surface area contributed by atoms with Crippen LogP contribution >= 0.6 is 34.5 Å². The molecule has 0 amide bonds. The lowest BCUT2D eigenvalue weighted by molar-refractivity contribution is 0.589. The molecule has 0 N–H and O–H groups in total. The topological polar surface area (TPSA) is 12.9 Å². The average Bonchev–Trinajstić information content (AvgIpc) is 3.30. The van der Waals surface area contributed by atoms with Crippen LogP contribution in [0.4, 0.5) is 4.39 Å². The second-order valence-corrected chi connectivity index (χ2v) is 9.18. The van der Waals surface area contributed by atoms with Gasteiger partial charge in [-0.15, -0.1) is 11.3 Å². The summed E-state index contributed by atoms with van der Waals surface area (Å²) >= 11 is 14.2. The molecule has 31 heavy (non-hydrogen) atoms. The summed E-state index contributed by atoms with van der Waals surface area (Å²) in [7, 11) is 0. The van der Waals surface area contributed by atoms with Gasteiger partial charge in [-0.1, -0.05) is 73.4 Å². The molecule has 3 aromatic carbocycles. The Balaban J connectivity index is 1.83. The summed E-state index contributed by atoms with van der Waals surface area (Å²) in [6.07, 6.45) is 1.49. The summed E-state index contributed by atoms with van der Waals surface area (Å²) in [6, 6.07) is 17.8. The van der Waals surface area contributed by atoms with E-state index in [9.17, 15) is 0 Å². The zero-order valence-electron chi connectivity index (χ0n) is 17.3. The van der Waals surface area contributed by atoms with Crippen molar-refractivity contribution in [3.8, 4) is 22.4 Å². The van der Waals surface area contributed by atoms with Crippen LogP contribution in [-0.2, 0) is 12.8 Å². The lowest BCUT2D eigenvalue weighted by atomic mass is 9.84. The molecule has 1 heterocycles. The van der Waals surface area contributed by atoms with Gasteiger partial charge in [-0.3, -0.25) is 0 Å². The van der Waals surface area contributed by atoms with Crippen molar-refractivity contribution in [2.75, 3.05) is 0 Å². The Hall–Kier alpha value is -2.20. The van der Waals surface area contributed by atoms with Crippen LogP contribution in [0.25, 0.3) is 22.4 Å². The third-order valence-corrected chi connectivity index (χ3v) is 6.67. The van der Waals surface area contributed by atoms with Crippen molar-refractivity contribution >= 4 is 34.5 Å². The van der Waals surface area contributed by atoms with Crippen molar-refractivity contribution in [1.82, 2.24) is 4.98 Å². The molecular formula is C26H22Cl2FNS. The monoisotopic (exact) mass is 469 g/mol. The molecule has 5 heteroatoms. The van der Waals surface area contributed by atoms with Crippen LogP contribution in [0.5, 0.6) is 0 Å². The van der Waals surface area contributed by atoms with Gasteiger partial charge in [0.25, 0.3) is 0 Å². The molecule has 4 aromatic rings. The van der Waals surface area contributed by atoms with E-state index in [1.165, 1.54) is 22.5 Å². The van der Waals surface area contributed by atoms with Gasteiger partial charge in [0.05, 0.1) is 16.2 Å². The Bertz CT molecular complexity index is 1190. The average molecular weight is 470 g/mol. The first-order valence-corrected chi connectivity index (χ1v) is 11.9. The maximum Gasteiger partial charge on any atom is 0.145 e. The second-order valence-electron chi connectivity index (χ2n) is 7.62. The van der Waals surface area contributed by atoms with Gasteiger partial charge in [0.15, 0.2) is 0 Å². The molecular weight excluding hydrogens is 448 g/mol. The Morgan fingerprint density at radius 1 is 1.03 bits per heavy atom. The maximum absolute atomic E-state index is 15.3. The molecule has 0 saturated heterocycles. The zero-order chi connectivity index (χ0) is 22.0. The van der Waals surface area contributed by atoms with Crippen LogP contribution in [0.2, 0.25) is 10.0 Å². The molecule has 1 atom stereocenters. The number of hydrogen-bond acceptors (Lipinski definition) is 2. The predicted octanol–water partition coefficient (Wildman–Crippen LogP) is 8.83. The van der Waals surface area contributed by atoms with Crippen molar-refractivity contribution in [2.45, 2.75) is 32.6 Å². The molecule has 0 fully saturated rings. The smallest absolute Gasteiger partial charge is 0.145 e. The second kappa shape index (κ2) is 9.52. The van der Waals surface area contributed by atoms with E-state index in [0.29, 0.717) is 17.0 Å². The molecule has 1 unspecified atom stereocenters. The van der Waals surface area contributed by atoms with Crippen LogP contribution in [0.3, 0.4) is 0 Å². The van der Waals surface area contributed by atoms with E-state index in [2.05, 4.69) is 24.0 Å². The molecule has 0 aliphatic heterocycles. The summed E-state index contributed by atoms with van der Waals surface area (Å²) in [4.78, 5) is 4.40. The van der Waals surface area contributed by atoms with Crippen molar-refractivity contribution in [1.29, 1.82) is 0 Å². The largest absolute Gasteiger partial charge is 0.245 e. The van der Waals surface area contributed by atoms with E-state index in [0.717, 1.165) is 28.8 Å². The van der Waals surface area contributed by atoms with Gasteiger partial charge in [-0.2, -0.15) is 0 Å². The maximum atomic E-state index is 15.3. The van der Waals surface area contributed by atoms with Crippen molar-refractivity contribution in [3.05, 3.63) is 98.0 Å². The quantitative estimate of drug-likeness (QED) is 0.274. The molecule has 0 spiro atoms. The number of aryl methyl sites for hydroxylation is 1. The van der Waals surface area contributed by atoms with Crippen molar-refractivity contribution in [3.63, 3.8) is 0 Å². The molecule has 0 aliphatic carbocycles. The highest BCUT2D eigenvalue weighted by Crippen LogP contribution is 2.39.